The van der Waals surface area contributed by atoms with E-state index in [1.807, 2.05) is 63.3 Å². The number of amides is 4. The third-order valence-corrected chi connectivity index (χ3v) is 15.5. The first-order valence-corrected chi connectivity index (χ1v) is 25.1. The number of hydrogen-bond acceptors (Lipinski definition) is 11. The summed E-state index contributed by atoms with van der Waals surface area (Å²) in [5.74, 6) is -2.35. The molecule has 2 aromatic heterocycles. The van der Waals surface area contributed by atoms with Crippen molar-refractivity contribution >= 4 is 33.8 Å². The molecule has 19 heteroatoms. The van der Waals surface area contributed by atoms with Crippen molar-refractivity contribution < 1.29 is 55.0 Å². The number of hydrogen-bond donors (Lipinski definition) is 3. The van der Waals surface area contributed by atoms with Crippen molar-refractivity contribution in [1.29, 1.82) is 0 Å². The molecule has 3 aliphatic rings. The molecule has 2 aliphatic carbocycles. The highest BCUT2D eigenvalue weighted by atomic mass is 32.2. The molecular weight excluding hydrogens is 918 g/mol. The Morgan fingerprint density at radius 1 is 0.986 bits per heavy atom. The number of sulfonamides is 1. The predicted molar refractivity (Wildman–Crippen MR) is 253 cm³/mol. The van der Waals surface area contributed by atoms with E-state index in [0.29, 0.717) is 80.8 Å². The van der Waals surface area contributed by atoms with E-state index in [2.05, 4.69) is 15.0 Å². The van der Waals surface area contributed by atoms with Gasteiger partial charge in [-0.1, -0.05) is 32.4 Å². The van der Waals surface area contributed by atoms with Crippen LogP contribution >= 0.6 is 0 Å². The fourth-order valence-electron chi connectivity index (χ4n) is 8.88. The van der Waals surface area contributed by atoms with Crippen molar-refractivity contribution in [2.45, 2.75) is 147 Å². The lowest BCUT2D eigenvalue weighted by Crippen LogP contribution is -2.56. The third kappa shape index (κ3) is 13.3. The predicted octanol–water partition coefficient (Wildman–Crippen LogP) is 8.28. The van der Waals surface area contributed by atoms with Crippen LogP contribution in [0, 0.1) is 23.7 Å². The number of nitrogens with one attached hydrogen (secondary N) is 2. The normalized spacial score (nSPS) is 21.6. The fraction of sp³-hybridized carbons (Fsp3) is 0.560. The Morgan fingerprint density at radius 3 is 2.28 bits per heavy atom. The number of benzene rings is 1. The van der Waals surface area contributed by atoms with E-state index in [1.54, 1.807) is 44.4 Å². The molecule has 3 aromatic rings. The fourth-order valence-corrected chi connectivity index (χ4v) is 10.2. The molecule has 0 spiro atoms. The van der Waals surface area contributed by atoms with Crippen LogP contribution in [0.5, 0.6) is 11.5 Å². The van der Waals surface area contributed by atoms with Gasteiger partial charge in [0, 0.05) is 48.0 Å². The number of nitrogens with two attached hydrogens (primary N) is 1. The SMILES string of the molecule is CC(C)Oc1ccc(-c2cc(O[C@@H]3C[C@@H](C(N)=O)N(C(=O)[C@@H](NC(=O)OC(C)(C)C(F)(F)F)[C@H](C)C[C@@H](C)CC/C=C\[C@@H]4CCCC4C(=O)NS(=O)(=O)C4(C)CC4)C3)cc(-c3cccnc3)n2)cc1. The number of alkyl carbamates (subject to hydrolysis) is 1. The second kappa shape index (κ2) is 21.5. The summed E-state index contributed by atoms with van der Waals surface area (Å²) in [4.78, 5) is 64.3. The highest BCUT2D eigenvalue weighted by Crippen LogP contribution is 2.43. The van der Waals surface area contributed by atoms with Crippen LogP contribution in [0.1, 0.15) is 106 Å². The van der Waals surface area contributed by atoms with Crippen LogP contribution in [-0.2, 0) is 29.1 Å². The maximum atomic E-state index is 14.7. The number of aromatic nitrogens is 2. The summed E-state index contributed by atoms with van der Waals surface area (Å²) < 4.78 is 85.5. The van der Waals surface area contributed by atoms with Crippen LogP contribution in [0.4, 0.5) is 18.0 Å². The van der Waals surface area contributed by atoms with Crippen molar-refractivity contribution in [2.75, 3.05) is 6.54 Å². The van der Waals surface area contributed by atoms with Gasteiger partial charge < -0.3 is 30.2 Å². The summed E-state index contributed by atoms with van der Waals surface area (Å²) in [7, 11) is -3.76. The first-order chi connectivity index (χ1) is 32.4. The molecule has 3 heterocycles. The molecule has 0 radical (unpaired) electrons. The molecule has 2 saturated carbocycles. The molecule has 3 fully saturated rings. The van der Waals surface area contributed by atoms with Crippen LogP contribution in [0.25, 0.3) is 22.5 Å². The van der Waals surface area contributed by atoms with Crippen molar-refractivity contribution in [3.8, 4) is 34.0 Å². The molecule has 4 N–H and O–H groups in total. The standard InChI is InChI=1S/C50H65F3N6O9S/c1-30(2)66-36-19-17-34(18-20-36)40-25-37(26-41(56-40)35-15-11-23-55-28-35)67-38-27-42(44(54)60)59(29-38)46(62)43(57-47(63)68-48(5,6)50(51,52)53)32(4)24-31(3)12-8-9-13-33-14-10-16-39(33)45(61)58-69(64,65)49(7)21-22-49/h9,11,13,15,17-20,23,25-26,28,30-33,38-39,42-43H,8,10,12,14,16,21-22,24,27,29H2,1-7H3,(H2,54,60)(H,57,63)(H,58,61)/b13-9-/t31-,32+,33+,38+,39?,42-,43-/m0/s1. The quantitative estimate of drug-likeness (QED) is 0.0918. The Hall–Kier alpha value is -5.72. The van der Waals surface area contributed by atoms with Gasteiger partial charge in [-0.2, -0.15) is 13.2 Å². The van der Waals surface area contributed by atoms with Gasteiger partial charge in [-0.15, -0.1) is 0 Å². The number of halogens is 3. The van der Waals surface area contributed by atoms with E-state index in [1.165, 1.54) is 4.90 Å². The molecule has 15 nitrogen and oxygen atoms in total. The molecule has 1 unspecified atom stereocenters. The van der Waals surface area contributed by atoms with E-state index in [4.69, 9.17) is 24.9 Å². The Labute approximate surface area is 402 Å². The molecule has 0 bridgehead atoms. The summed E-state index contributed by atoms with van der Waals surface area (Å²) in [6.07, 6.45) is 4.64. The van der Waals surface area contributed by atoms with Crippen molar-refractivity contribution in [3.63, 3.8) is 0 Å². The monoisotopic (exact) mass is 982 g/mol. The number of rotatable bonds is 20. The van der Waals surface area contributed by atoms with Crippen molar-refractivity contribution in [2.24, 2.45) is 29.4 Å². The van der Waals surface area contributed by atoms with E-state index >= 15 is 0 Å². The average Bonchev–Trinajstić information content (AvgIpc) is 3.65. The number of nitrogens with zero attached hydrogens (tertiary/aromatic N) is 3. The summed E-state index contributed by atoms with van der Waals surface area (Å²) in [6.45, 7) is 10.4. The molecule has 7 atom stereocenters. The third-order valence-electron chi connectivity index (χ3n) is 13.3. The van der Waals surface area contributed by atoms with Crippen LogP contribution in [0.2, 0.25) is 0 Å². The minimum Gasteiger partial charge on any atom is -0.491 e. The second-order valence-electron chi connectivity index (χ2n) is 19.9. The van der Waals surface area contributed by atoms with Gasteiger partial charge in [0.15, 0.2) is 0 Å². The number of ether oxygens (including phenoxy) is 3. The number of likely N-dealkylation sites (tertiary alicyclic amines) is 1. The van der Waals surface area contributed by atoms with Gasteiger partial charge in [0.1, 0.15) is 29.7 Å². The maximum absolute atomic E-state index is 14.7. The maximum Gasteiger partial charge on any atom is 0.427 e. The smallest absolute Gasteiger partial charge is 0.427 e. The lowest BCUT2D eigenvalue weighted by Gasteiger charge is -2.33. The molecule has 1 aromatic carbocycles. The number of primary amides is 1. The van der Waals surface area contributed by atoms with Gasteiger partial charge in [-0.3, -0.25) is 24.1 Å². The highest BCUT2D eigenvalue weighted by molar-refractivity contribution is 7.91. The van der Waals surface area contributed by atoms with Crippen LogP contribution < -0.4 is 25.2 Å². The van der Waals surface area contributed by atoms with Gasteiger partial charge in [-0.25, -0.2) is 18.2 Å². The van der Waals surface area contributed by atoms with E-state index in [9.17, 15) is 40.8 Å². The molecule has 1 aliphatic heterocycles. The number of carbonyl (C=O) groups excluding carboxylic acids is 4. The second-order valence-corrected chi connectivity index (χ2v) is 22.1. The summed E-state index contributed by atoms with van der Waals surface area (Å²) in [5, 5.41) is 2.40. The largest absolute Gasteiger partial charge is 0.491 e. The summed E-state index contributed by atoms with van der Waals surface area (Å²) in [5.41, 5.74) is 5.57. The lowest BCUT2D eigenvalue weighted by molar-refractivity contribution is -0.244. The van der Waals surface area contributed by atoms with Gasteiger partial charge >= 0.3 is 12.3 Å². The van der Waals surface area contributed by atoms with E-state index < -0.39 is 80.4 Å². The summed E-state index contributed by atoms with van der Waals surface area (Å²) in [6, 6.07) is 11.8. The van der Waals surface area contributed by atoms with Crippen molar-refractivity contribution in [3.05, 3.63) is 73.1 Å². The van der Waals surface area contributed by atoms with Crippen LogP contribution in [0.3, 0.4) is 0 Å². The van der Waals surface area contributed by atoms with Crippen LogP contribution in [-0.4, -0.2) is 94.5 Å². The number of allylic oxidation sites excluding steroid dienone is 2. The molecule has 6 rings (SSSR count). The zero-order valence-electron chi connectivity index (χ0n) is 40.3. The van der Waals surface area contributed by atoms with E-state index in [-0.39, 0.29) is 30.9 Å². The molecule has 376 valence electrons. The number of carbonyl (C=O) groups is 4. The molecule has 1 saturated heterocycles. The minimum atomic E-state index is -4.92. The lowest BCUT2D eigenvalue weighted by atomic mass is 9.87. The number of alkyl halides is 3. The van der Waals surface area contributed by atoms with E-state index in [0.717, 1.165) is 18.4 Å². The summed E-state index contributed by atoms with van der Waals surface area (Å²) >= 11 is 0. The minimum absolute atomic E-state index is 0.0176. The molecule has 69 heavy (non-hydrogen) atoms. The number of pyridine rings is 2. The zero-order chi connectivity index (χ0) is 50.5. The highest BCUT2D eigenvalue weighted by Gasteiger charge is 2.53. The van der Waals surface area contributed by atoms with Gasteiger partial charge in [0.05, 0.1) is 28.8 Å². The first kappa shape index (κ1) is 52.6. The van der Waals surface area contributed by atoms with Crippen molar-refractivity contribution in [1.82, 2.24) is 24.9 Å². The Bertz CT molecular complexity index is 2450. The Balaban J connectivity index is 1.17. The Morgan fingerprint density at radius 2 is 1.67 bits per heavy atom. The first-order valence-electron chi connectivity index (χ1n) is 23.6. The Kier molecular flexibility index (Phi) is 16.4. The van der Waals surface area contributed by atoms with Gasteiger partial charge in [0.2, 0.25) is 33.3 Å². The topological polar surface area (TPSA) is 209 Å². The zero-order valence-corrected chi connectivity index (χ0v) is 41.1. The molecule has 4 amide bonds. The van der Waals surface area contributed by atoms with Crippen LogP contribution in [0.15, 0.2) is 73.1 Å². The molecular formula is C50H65F3N6O9S. The van der Waals surface area contributed by atoms with Gasteiger partial charge in [0.25, 0.3) is 0 Å². The average molecular weight is 983 g/mol. The van der Waals surface area contributed by atoms with Gasteiger partial charge in [-0.05, 0) is 134 Å².